The first-order chi connectivity index (χ1) is 18.6. The highest BCUT2D eigenvalue weighted by atomic mass is 19.1. The van der Waals surface area contributed by atoms with Gasteiger partial charge in [0, 0.05) is 30.3 Å². The Kier molecular flexibility index (Phi) is 6.51. The minimum atomic E-state index is -0.354. The van der Waals surface area contributed by atoms with Gasteiger partial charge < -0.3 is 34.2 Å². The maximum absolute atomic E-state index is 13.8. The molecule has 3 aliphatic heterocycles. The van der Waals surface area contributed by atoms with Crippen molar-refractivity contribution < 1.29 is 32.8 Å². The van der Waals surface area contributed by atoms with E-state index in [-0.39, 0.29) is 30.8 Å². The summed E-state index contributed by atoms with van der Waals surface area (Å²) in [6, 6.07) is 12.1. The molecule has 3 aromatic rings. The van der Waals surface area contributed by atoms with E-state index in [1.807, 2.05) is 18.2 Å². The van der Waals surface area contributed by atoms with Crippen LogP contribution in [-0.4, -0.2) is 46.1 Å². The topological polar surface area (TPSA) is 84.6 Å². The molecule has 8 nitrogen and oxygen atoms in total. The SMILES string of the molecule is COc1ccc2c(c1OC)CO[C@@H]2[C@H]1c2c(cc3c(c2OC)OCO3)CCN1[C@@H](CN)c1ccc(F)cc1. The molecule has 0 bridgehead atoms. The first-order valence-electron chi connectivity index (χ1n) is 12.7. The molecule has 38 heavy (non-hydrogen) atoms. The van der Waals surface area contributed by atoms with Gasteiger partial charge >= 0.3 is 0 Å². The van der Waals surface area contributed by atoms with Crippen molar-refractivity contribution in [2.75, 3.05) is 41.2 Å². The van der Waals surface area contributed by atoms with Crippen molar-refractivity contribution in [2.24, 2.45) is 5.73 Å². The van der Waals surface area contributed by atoms with Gasteiger partial charge in [-0.05, 0) is 47.4 Å². The highest BCUT2D eigenvalue weighted by Crippen LogP contribution is 2.56. The van der Waals surface area contributed by atoms with E-state index >= 15 is 0 Å². The van der Waals surface area contributed by atoms with Crippen molar-refractivity contribution in [1.29, 1.82) is 0 Å². The van der Waals surface area contributed by atoms with Gasteiger partial charge in [0.25, 0.3) is 0 Å². The smallest absolute Gasteiger partial charge is 0.231 e. The molecule has 0 fully saturated rings. The van der Waals surface area contributed by atoms with Gasteiger partial charge in [-0.25, -0.2) is 4.39 Å². The summed E-state index contributed by atoms with van der Waals surface area (Å²) in [5.74, 6) is 2.95. The van der Waals surface area contributed by atoms with E-state index in [1.165, 1.54) is 12.1 Å². The summed E-state index contributed by atoms with van der Waals surface area (Å²) in [6.07, 6.45) is 0.398. The van der Waals surface area contributed by atoms with Gasteiger partial charge in [0.1, 0.15) is 11.9 Å². The normalized spacial score (nSPS) is 20.6. The van der Waals surface area contributed by atoms with Gasteiger partial charge in [0.05, 0.1) is 34.0 Å². The van der Waals surface area contributed by atoms with Crippen LogP contribution in [0.5, 0.6) is 28.7 Å². The van der Waals surface area contributed by atoms with E-state index in [2.05, 4.69) is 4.90 Å². The molecule has 200 valence electrons. The molecular weight excluding hydrogens is 491 g/mol. The summed E-state index contributed by atoms with van der Waals surface area (Å²) in [6.45, 7) is 1.57. The molecule has 2 N–H and O–H groups in total. The van der Waals surface area contributed by atoms with Gasteiger partial charge in [0.2, 0.25) is 12.5 Å². The number of fused-ring (bicyclic) bond motifs is 3. The van der Waals surface area contributed by atoms with Crippen molar-refractivity contribution in [3.05, 3.63) is 76.1 Å². The molecule has 0 saturated carbocycles. The lowest BCUT2D eigenvalue weighted by molar-refractivity contribution is -0.0285. The zero-order chi connectivity index (χ0) is 26.4. The van der Waals surface area contributed by atoms with E-state index in [1.54, 1.807) is 33.5 Å². The zero-order valence-corrected chi connectivity index (χ0v) is 21.7. The second kappa shape index (κ2) is 9.98. The highest BCUT2D eigenvalue weighted by Gasteiger charge is 2.45. The molecule has 0 aromatic heterocycles. The summed E-state index contributed by atoms with van der Waals surface area (Å²) in [5, 5.41) is 0. The number of hydrogen-bond acceptors (Lipinski definition) is 8. The van der Waals surface area contributed by atoms with Gasteiger partial charge in [-0.3, -0.25) is 4.90 Å². The zero-order valence-electron chi connectivity index (χ0n) is 21.7. The molecule has 3 atom stereocenters. The Morgan fingerprint density at radius 1 is 1.03 bits per heavy atom. The third-order valence-corrected chi connectivity index (χ3v) is 7.80. The molecule has 0 amide bonds. The lowest BCUT2D eigenvalue weighted by Crippen LogP contribution is -2.43. The Labute approximate surface area is 220 Å². The molecule has 0 unspecified atom stereocenters. The molecule has 9 heteroatoms. The predicted molar refractivity (Wildman–Crippen MR) is 138 cm³/mol. The van der Waals surface area contributed by atoms with Crippen LogP contribution in [-0.2, 0) is 17.8 Å². The van der Waals surface area contributed by atoms with Crippen LogP contribution in [0.3, 0.4) is 0 Å². The van der Waals surface area contributed by atoms with Crippen molar-refractivity contribution in [1.82, 2.24) is 4.90 Å². The van der Waals surface area contributed by atoms with Crippen LogP contribution in [0.15, 0.2) is 42.5 Å². The molecular formula is C29H31FN2O6. The van der Waals surface area contributed by atoms with Crippen molar-refractivity contribution >= 4 is 0 Å². The van der Waals surface area contributed by atoms with Crippen LogP contribution in [0.25, 0.3) is 0 Å². The first-order valence-corrected chi connectivity index (χ1v) is 12.7. The van der Waals surface area contributed by atoms with Gasteiger partial charge in [-0.15, -0.1) is 0 Å². The molecule has 3 heterocycles. The number of halogens is 1. The fraction of sp³-hybridized carbons (Fsp3) is 0.379. The summed E-state index contributed by atoms with van der Waals surface area (Å²) < 4.78 is 49.2. The van der Waals surface area contributed by atoms with E-state index in [0.29, 0.717) is 48.4 Å². The average Bonchev–Trinajstić information content (AvgIpc) is 3.59. The van der Waals surface area contributed by atoms with E-state index in [0.717, 1.165) is 34.2 Å². The van der Waals surface area contributed by atoms with Crippen LogP contribution in [0.4, 0.5) is 4.39 Å². The standard InChI is InChI=1S/C29H31FN2O6/c1-33-22-9-8-19-20(26(22)34-2)14-36-27(19)25-24-17(12-23-28(29(24)35-3)38-15-37-23)10-11-32(25)21(13-31)16-4-6-18(30)7-5-16/h4-9,12,21,25,27H,10-11,13-15,31H2,1-3H3/t21-,25+,27-/m0/s1. The summed E-state index contributed by atoms with van der Waals surface area (Å²) in [4.78, 5) is 2.34. The van der Waals surface area contributed by atoms with E-state index in [9.17, 15) is 4.39 Å². The first kappa shape index (κ1) is 24.8. The molecule has 0 saturated heterocycles. The number of nitrogens with two attached hydrogens (primary N) is 1. The fourth-order valence-corrected chi connectivity index (χ4v) is 6.13. The van der Waals surface area contributed by atoms with Gasteiger partial charge in [0.15, 0.2) is 23.0 Å². The largest absolute Gasteiger partial charge is 0.493 e. The quantitative estimate of drug-likeness (QED) is 0.487. The number of nitrogens with zero attached hydrogens (tertiary/aromatic N) is 1. The van der Waals surface area contributed by atoms with Crippen molar-refractivity contribution in [3.63, 3.8) is 0 Å². The lowest BCUT2D eigenvalue weighted by atomic mass is 9.83. The second-order valence-electron chi connectivity index (χ2n) is 9.55. The number of benzene rings is 3. The van der Waals surface area contributed by atoms with Crippen molar-refractivity contribution in [2.45, 2.75) is 31.2 Å². The van der Waals surface area contributed by atoms with E-state index < -0.39 is 0 Å². The summed E-state index contributed by atoms with van der Waals surface area (Å²) in [5.41, 5.74) is 11.4. The molecule has 0 radical (unpaired) electrons. The molecule has 3 aromatic carbocycles. The Bertz CT molecular complexity index is 1350. The molecule has 0 spiro atoms. The van der Waals surface area contributed by atoms with Crippen LogP contribution in [0.1, 0.15) is 46.0 Å². The Morgan fingerprint density at radius 3 is 2.53 bits per heavy atom. The molecule has 3 aliphatic rings. The lowest BCUT2D eigenvalue weighted by Gasteiger charge is -2.45. The monoisotopic (exact) mass is 522 g/mol. The number of ether oxygens (including phenoxy) is 6. The fourth-order valence-electron chi connectivity index (χ4n) is 6.13. The molecule has 6 rings (SSSR count). The van der Waals surface area contributed by atoms with Gasteiger partial charge in [-0.2, -0.15) is 0 Å². The maximum atomic E-state index is 13.8. The average molecular weight is 523 g/mol. The van der Waals surface area contributed by atoms with E-state index in [4.69, 9.17) is 34.2 Å². The third kappa shape index (κ3) is 3.84. The number of hydrogen-bond donors (Lipinski definition) is 1. The van der Waals surface area contributed by atoms with Crippen LogP contribution in [0.2, 0.25) is 0 Å². The summed E-state index contributed by atoms with van der Waals surface area (Å²) >= 11 is 0. The number of methoxy groups -OCH3 is 3. The number of rotatable bonds is 7. The minimum absolute atomic E-state index is 0.143. The van der Waals surface area contributed by atoms with Gasteiger partial charge in [-0.1, -0.05) is 18.2 Å². The Balaban J connectivity index is 1.54. The van der Waals surface area contributed by atoms with Crippen molar-refractivity contribution in [3.8, 4) is 28.7 Å². The molecule has 0 aliphatic carbocycles. The Morgan fingerprint density at radius 2 is 1.82 bits per heavy atom. The Hall–Kier alpha value is -3.53. The third-order valence-electron chi connectivity index (χ3n) is 7.80. The van der Waals surface area contributed by atoms with Crippen LogP contribution < -0.4 is 29.4 Å². The second-order valence-corrected chi connectivity index (χ2v) is 9.55. The summed E-state index contributed by atoms with van der Waals surface area (Å²) in [7, 11) is 4.90. The maximum Gasteiger partial charge on any atom is 0.231 e. The van der Waals surface area contributed by atoms with Crippen LogP contribution >= 0.6 is 0 Å². The minimum Gasteiger partial charge on any atom is -0.493 e. The highest BCUT2D eigenvalue weighted by molar-refractivity contribution is 5.63. The van der Waals surface area contributed by atoms with Crippen LogP contribution in [0, 0.1) is 5.82 Å². The predicted octanol–water partition coefficient (Wildman–Crippen LogP) is 4.45.